The molecule has 0 saturated carbocycles. The van der Waals surface area contributed by atoms with Crippen molar-refractivity contribution in [2.24, 2.45) is 11.8 Å². The fraction of sp³-hybridized carbons (Fsp3) is 1.00. The molecule has 9 unspecified atom stereocenters. The standard InChI is InChI=1S/C20H39N7O4S/c1-26-16-6-7-31-11-14(16)17(24-26)15-5-4-13(10-21-15)32(28,29)25-18-19-12(9-23-27(19)2)8-22-20(18)30-3/h12-25H,4-11H2,1-3H3. The van der Waals surface area contributed by atoms with Gasteiger partial charge in [-0.05, 0) is 19.3 Å². The van der Waals surface area contributed by atoms with E-state index in [0.29, 0.717) is 30.8 Å². The van der Waals surface area contributed by atoms with Gasteiger partial charge >= 0.3 is 0 Å². The van der Waals surface area contributed by atoms with E-state index in [-0.39, 0.29) is 30.4 Å². The van der Waals surface area contributed by atoms with Gasteiger partial charge in [-0.15, -0.1) is 0 Å². The summed E-state index contributed by atoms with van der Waals surface area (Å²) in [5, 5.41) is 10.7. The van der Waals surface area contributed by atoms with E-state index in [9.17, 15) is 8.42 Å². The highest BCUT2D eigenvalue weighted by Gasteiger charge is 2.49. The number of hydrogen-bond donors (Lipinski definition) is 5. The average molecular weight is 474 g/mol. The first kappa shape index (κ1) is 23.3. The average Bonchev–Trinajstić information content (AvgIpc) is 3.34. The molecule has 0 bridgehead atoms. The van der Waals surface area contributed by atoms with Crippen molar-refractivity contribution in [1.29, 1.82) is 0 Å². The number of nitrogens with zero attached hydrogens (tertiary/aromatic N) is 2. The molecular formula is C20H39N7O4S. The van der Waals surface area contributed by atoms with Gasteiger partial charge in [-0.25, -0.2) is 23.2 Å². The van der Waals surface area contributed by atoms with E-state index in [1.54, 1.807) is 7.11 Å². The van der Waals surface area contributed by atoms with Crippen LogP contribution in [0.2, 0.25) is 0 Å². The number of piperidine rings is 2. The van der Waals surface area contributed by atoms with Crippen LogP contribution in [0.1, 0.15) is 19.3 Å². The van der Waals surface area contributed by atoms with Gasteiger partial charge in [0.2, 0.25) is 10.0 Å². The van der Waals surface area contributed by atoms with E-state index in [1.807, 2.05) is 12.1 Å². The maximum Gasteiger partial charge on any atom is 0.216 e. The molecule has 5 N–H and O–H groups in total. The van der Waals surface area contributed by atoms with Crippen LogP contribution in [0.3, 0.4) is 0 Å². The maximum absolute atomic E-state index is 13.4. The highest BCUT2D eigenvalue weighted by molar-refractivity contribution is 7.90. The Morgan fingerprint density at radius 1 is 1.06 bits per heavy atom. The third-order valence-corrected chi connectivity index (χ3v) is 10.2. The van der Waals surface area contributed by atoms with Crippen LogP contribution >= 0.6 is 0 Å². The first-order valence-corrected chi connectivity index (χ1v) is 13.5. The highest BCUT2D eigenvalue weighted by atomic mass is 32.2. The van der Waals surface area contributed by atoms with Crippen molar-refractivity contribution in [2.45, 2.75) is 60.9 Å². The minimum absolute atomic E-state index is 0.0572. The molecule has 0 aromatic carbocycles. The normalized spacial score (nSPS) is 46.2. The van der Waals surface area contributed by atoms with Gasteiger partial charge in [0.1, 0.15) is 6.23 Å². The van der Waals surface area contributed by atoms with Gasteiger partial charge in [-0.1, -0.05) is 0 Å². The number of hydrazine groups is 2. The quantitative estimate of drug-likeness (QED) is 0.296. The van der Waals surface area contributed by atoms with E-state index < -0.39 is 15.3 Å². The predicted octanol–water partition coefficient (Wildman–Crippen LogP) is -2.37. The molecule has 0 amide bonds. The van der Waals surface area contributed by atoms with Crippen LogP contribution in [0.4, 0.5) is 0 Å². The molecule has 5 fully saturated rings. The number of ether oxygens (including phenoxy) is 2. The van der Waals surface area contributed by atoms with Crippen LogP contribution in [-0.4, -0.2) is 114 Å². The van der Waals surface area contributed by atoms with E-state index in [0.717, 1.165) is 39.1 Å². The third kappa shape index (κ3) is 4.23. The summed E-state index contributed by atoms with van der Waals surface area (Å²) >= 11 is 0. The lowest BCUT2D eigenvalue weighted by atomic mass is 9.84. The number of fused-ring (bicyclic) bond motifs is 2. The second-order valence-electron chi connectivity index (χ2n) is 10.1. The summed E-state index contributed by atoms with van der Waals surface area (Å²) < 4.78 is 41.2. The largest absolute Gasteiger partial charge is 0.381 e. The molecule has 0 aromatic heterocycles. The Kier molecular flexibility index (Phi) is 6.80. The summed E-state index contributed by atoms with van der Waals surface area (Å²) in [5.74, 6) is 0.777. The number of methoxy groups -OCH3 is 1. The van der Waals surface area contributed by atoms with E-state index in [4.69, 9.17) is 9.47 Å². The van der Waals surface area contributed by atoms with Gasteiger partial charge in [0.15, 0.2) is 0 Å². The second kappa shape index (κ2) is 9.33. The Bertz CT molecular complexity index is 765. The van der Waals surface area contributed by atoms with Crippen LogP contribution in [0.15, 0.2) is 0 Å². The molecule has 184 valence electrons. The van der Waals surface area contributed by atoms with Crippen LogP contribution < -0.4 is 26.2 Å². The zero-order valence-corrected chi connectivity index (χ0v) is 20.1. The van der Waals surface area contributed by atoms with Gasteiger partial charge < -0.3 is 14.8 Å². The van der Waals surface area contributed by atoms with Crippen LogP contribution in [0.5, 0.6) is 0 Å². The van der Waals surface area contributed by atoms with Crippen molar-refractivity contribution in [3.05, 3.63) is 0 Å². The molecule has 0 spiro atoms. The summed E-state index contributed by atoms with van der Waals surface area (Å²) in [5.41, 5.74) is 6.95. The fourth-order valence-corrected chi connectivity index (χ4v) is 8.16. The smallest absolute Gasteiger partial charge is 0.216 e. The van der Waals surface area contributed by atoms with Gasteiger partial charge in [0.05, 0.1) is 17.9 Å². The molecule has 12 heteroatoms. The van der Waals surface area contributed by atoms with Gasteiger partial charge in [0, 0.05) is 83.4 Å². The molecule has 0 radical (unpaired) electrons. The zero-order chi connectivity index (χ0) is 22.5. The van der Waals surface area contributed by atoms with Crippen molar-refractivity contribution in [3.8, 4) is 0 Å². The molecule has 5 aliphatic rings. The number of nitrogens with one attached hydrogen (secondary N) is 5. The first-order chi connectivity index (χ1) is 15.4. The van der Waals surface area contributed by atoms with Crippen molar-refractivity contribution in [2.75, 3.05) is 54.1 Å². The molecule has 5 saturated heterocycles. The van der Waals surface area contributed by atoms with Crippen LogP contribution in [0, 0.1) is 11.8 Å². The molecule has 0 aromatic rings. The number of hydrogen-bond acceptors (Lipinski definition) is 10. The van der Waals surface area contributed by atoms with Gasteiger partial charge in [-0.3, -0.25) is 16.2 Å². The lowest BCUT2D eigenvalue weighted by Crippen LogP contribution is -2.67. The summed E-state index contributed by atoms with van der Waals surface area (Å²) in [4.78, 5) is 0. The monoisotopic (exact) mass is 473 g/mol. The lowest BCUT2D eigenvalue weighted by Gasteiger charge is -2.42. The number of rotatable bonds is 5. The maximum atomic E-state index is 13.4. The Labute approximate surface area is 191 Å². The Hall–Kier alpha value is -0.410. The van der Waals surface area contributed by atoms with Gasteiger partial charge in [0.25, 0.3) is 0 Å². The van der Waals surface area contributed by atoms with E-state index in [1.165, 1.54) is 0 Å². The van der Waals surface area contributed by atoms with Crippen LogP contribution in [-0.2, 0) is 19.5 Å². The van der Waals surface area contributed by atoms with Crippen molar-refractivity contribution in [1.82, 2.24) is 36.2 Å². The Balaban J connectivity index is 1.22. The lowest BCUT2D eigenvalue weighted by molar-refractivity contribution is -0.0106. The minimum Gasteiger partial charge on any atom is -0.381 e. The van der Waals surface area contributed by atoms with Crippen molar-refractivity contribution < 1.29 is 17.9 Å². The molecule has 11 nitrogen and oxygen atoms in total. The Morgan fingerprint density at radius 3 is 2.66 bits per heavy atom. The minimum atomic E-state index is -3.51. The van der Waals surface area contributed by atoms with E-state index >= 15 is 0 Å². The zero-order valence-electron chi connectivity index (χ0n) is 19.3. The summed E-state index contributed by atoms with van der Waals surface area (Å²) in [7, 11) is 2.20. The molecule has 32 heavy (non-hydrogen) atoms. The molecule has 0 aliphatic carbocycles. The Morgan fingerprint density at radius 2 is 1.91 bits per heavy atom. The molecule has 9 atom stereocenters. The highest BCUT2D eigenvalue weighted by Crippen LogP contribution is 2.32. The van der Waals surface area contributed by atoms with E-state index in [2.05, 4.69) is 38.3 Å². The summed E-state index contributed by atoms with van der Waals surface area (Å²) in [6.45, 7) is 3.69. The summed E-state index contributed by atoms with van der Waals surface area (Å²) in [6, 6.07) is 0.737. The molecular weight excluding hydrogens is 434 g/mol. The van der Waals surface area contributed by atoms with Gasteiger partial charge in [-0.2, -0.15) is 0 Å². The summed E-state index contributed by atoms with van der Waals surface area (Å²) in [6.07, 6.45) is 2.16. The topological polar surface area (TPSA) is 119 Å². The predicted molar refractivity (Wildman–Crippen MR) is 120 cm³/mol. The molecule has 5 aliphatic heterocycles. The number of sulfonamides is 1. The first-order valence-electron chi connectivity index (χ1n) is 11.9. The SMILES string of the molecule is COC1NCC2CNN(C)C2C1NS(=O)(=O)C1CCC(C2NN(C)C3CCOCC23)NC1. The number of likely N-dealkylation sites (N-methyl/N-ethyl adjacent to an activating group) is 1. The molecule has 5 rings (SSSR count). The molecule has 5 heterocycles. The van der Waals surface area contributed by atoms with Crippen molar-refractivity contribution >= 4 is 10.0 Å². The van der Waals surface area contributed by atoms with Crippen molar-refractivity contribution in [3.63, 3.8) is 0 Å². The second-order valence-corrected chi connectivity index (χ2v) is 12.0. The fourth-order valence-electron chi connectivity index (χ4n) is 6.56. The third-order valence-electron chi connectivity index (χ3n) is 8.32. The van der Waals surface area contributed by atoms with Crippen LogP contribution in [0.25, 0.3) is 0 Å².